The molecule has 0 bridgehead atoms. The summed E-state index contributed by atoms with van der Waals surface area (Å²) in [6, 6.07) is 21.3. The van der Waals surface area contributed by atoms with Crippen molar-refractivity contribution in [2.75, 3.05) is 20.3 Å². The summed E-state index contributed by atoms with van der Waals surface area (Å²) >= 11 is 0. The fraction of sp³-hybridized carbons (Fsp3) is 0.346. The lowest BCUT2D eigenvalue weighted by atomic mass is 9.97. The van der Waals surface area contributed by atoms with E-state index < -0.39 is 19.3 Å². The molecule has 1 amide bonds. The van der Waals surface area contributed by atoms with Crippen molar-refractivity contribution in [1.82, 2.24) is 5.32 Å². The van der Waals surface area contributed by atoms with Gasteiger partial charge >= 0.3 is 7.60 Å². The first-order valence-corrected chi connectivity index (χ1v) is 12.8. The minimum Gasteiger partial charge on any atom is -0.497 e. The molecule has 3 rings (SSSR count). The van der Waals surface area contributed by atoms with Crippen LogP contribution in [0.1, 0.15) is 37.8 Å². The van der Waals surface area contributed by atoms with Gasteiger partial charge in [0, 0.05) is 6.42 Å². The van der Waals surface area contributed by atoms with Crippen LogP contribution in [-0.2, 0) is 24.8 Å². The number of fused-ring (bicyclic) bond motifs is 1. The van der Waals surface area contributed by atoms with E-state index in [2.05, 4.69) is 5.32 Å². The van der Waals surface area contributed by atoms with E-state index in [4.69, 9.17) is 13.8 Å². The number of methoxy groups -OCH3 is 1. The van der Waals surface area contributed by atoms with Gasteiger partial charge in [-0.25, -0.2) is 0 Å². The summed E-state index contributed by atoms with van der Waals surface area (Å²) in [5, 5.41) is 5.02. The SMILES string of the molecule is CCOP(=O)(OCC)[C@@H](Cc1ccccc1)NC(=O)[C@@H](C)c1ccc2cc(OC)ccc2c1. The van der Waals surface area contributed by atoms with Crippen LogP contribution in [0.5, 0.6) is 5.75 Å². The number of rotatable bonds is 11. The van der Waals surface area contributed by atoms with E-state index in [9.17, 15) is 9.36 Å². The molecule has 3 aromatic rings. The molecular weight excluding hydrogens is 437 g/mol. The number of ether oxygens (including phenoxy) is 1. The van der Waals surface area contributed by atoms with Crippen LogP contribution in [0.2, 0.25) is 0 Å². The Morgan fingerprint density at radius 3 is 2.21 bits per heavy atom. The summed E-state index contributed by atoms with van der Waals surface area (Å²) in [6.07, 6.45) is 0.341. The smallest absolute Gasteiger partial charge is 0.353 e. The maximum Gasteiger partial charge on any atom is 0.353 e. The molecule has 6 nitrogen and oxygen atoms in total. The van der Waals surface area contributed by atoms with E-state index in [0.29, 0.717) is 6.42 Å². The average molecular weight is 470 g/mol. The van der Waals surface area contributed by atoms with Gasteiger partial charge in [0.1, 0.15) is 11.5 Å². The molecule has 0 aliphatic heterocycles. The van der Waals surface area contributed by atoms with Crippen molar-refractivity contribution in [3.8, 4) is 5.75 Å². The molecule has 0 radical (unpaired) electrons. The number of hydrogen-bond acceptors (Lipinski definition) is 5. The van der Waals surface area contributed by atoms with Crippen LogP contribution < -0.4 is 10.1 Å². The van der Waals surface area contributed by atoms with Gasteiger partial charge in [0.05, 0.1) is 26.2 Å². The Balaban J connectivity index is 1.85. The highest BCUT2D eigenvalue weighted by Gasteiger charge is 2.37. The summed E-state index contributed by atoms with van der Waals surface area (Å²) in [6.45, 7) is 5.82. The number of hydrogen-bond donors (Lipinski definition) is 1. The zero-order valence-corrected chi connectivity index (χ0v) is 20.5. The Morgan fingerprint density at radius 2 is 1.58 bits per heavy atom. The molecule has 0 aliphatic rings. The molecule has 0 unspecified atom stereocenters. The van der Waals surface area contributed by atoms with Crippen LogP contribution in [0, 0.1) is 0 Å². The predicted octanol–water partition coefficient (Wildman–Crippen LogP) is 5.90. The maximum atomic E-state index is 13.6. The molecule has 0 fully saturated rings. The lowest BCUT2D eigenvalue weighted by molar-refractivity contribution is -0.122. The van der Waals surface area contributed by atoms with E-state index in [0.717, 1.165) is 27.6 Å². The molecule has 7 heteroatoms. The number of nitrogens with one attached hydrogen (secondary N) is 1. The first-order chi connectivity index (χ1) is 15.9. The van der Waals surface area contributed by atoms with Crippen LogP contribution in [0.25, 0.3) is 10.8 Å². The third-order valence-corrected chi connectivity index (χ3v) is 7.86. The summed E-state index contributed by atoms with van der Waals surface area (Å²) < 4.78 is 30.0. The van der Waals surface area contributed by atoms with E-state index >= 15 is 0 Å². The lowest BCUT2D eigenvalue weighted by Crippen LogP contribution is -2.39. The Hall–Kier alpha value is -2.66. The van der Waals surface area contributed by atoms with Gasteiger partial charge < -0.3 is 19.1 Å². The van der Waals surface area contributed by atoms with Gasteiger partial charge in [-0.15, -0.1) is 0 Å². The van der Waals surface area contributed by atoms with Crippen molar-refractivity contribution in [1.29, 1.82) is 0 Å². The molecule has 0 aliphatic carbocycles. The molecule has 3 aromatic carbocycles. The van der Waals surface area contributed by atoms with Gasteiger partial charge in [-0.1, -0.05) is 54.6 Å². The van der Waals surface area contributed by atoms with Crippen molar-refractivity contribution in [2.45, 2.75) is 38.9 Å². The number of benzene rings is 3. The van der Waals surface area contributed by atoms with Crippen LogP contribution >= 0.6 is 7.60 Å². The first kappa shape index (κ1) is 25.0. The number of carbonyl (C=O) groups is 1. The van der Waals surface area contributed by atoms with E-state index in [1.807, 2.05) is 73.7 Å². The minimum absolute atomic E-state index is 0.224. The summed E-state index contributed by atoms with van der Waals surface area (Å²) in [4.78, 5) is 13.3. The molecule has 33 heavy (non-hydrogen) atoms. The largest absolute Gasteiger partial charge is 0.497 e. The highest BCUT2D eigenvalue weighted by molar-refractivity contribution is 7.54. The van der Waals surface area contributed by atoms with Gasteiger partial charge in [0.15, 0.2) is 0 Å². The fourth-order valence-electron chi connectivity index (χ4n) is 3.74. The monoisotopic (exact) mass is 469 g/mol. The van der Waals surface area contributed by atoms with E-state index in [-0.39, 0.29) is 19.1 Å². The van der Waals surface area contributed by atoms with Crippen molar-refractivity contribution in [3.05, 3.63) is 77.9 Å². The van der Waals surface area contributed by atoms with Crippen molar-refractivity contribution >= 4 is 24.3 Å². The van der Waals surface area contributed by atoms with Crippen LogP contribution in [-0.4, -0.2) is 32.0 Å². The van der Waals surface area contributed by atoms with Crippen LogP contribution in [0.4, 0.5) is 0 Å². The summed E-state index contributed by atoms with van der Waals surface area (Å²) in [5.74, 6) is -0.693. The first-order valence-electron chi connectivity index (χ1n) is 11.2. The normalized spacial score (nSPS) is 13.5. The highest BCUT2D eigenvalue weighted by Crippen LogP contribution is 2.53. The number of carbonyl (C=O) groups excluding carboxylic acids is 1. The van der Waals surface area contributed by atoms with Gasteiger partial charge in [-0.05, 0) is 54.8 Å². The maximum absolute atomic E-state index is 13.6. The molecule has 0 spiro atoms. The Labute approximate surface area is 195 Å². The predicted molar refractivity (Wildman–Crippen MR) is 132 cm³/mol. The third kappa shape index (κ3) is 6.23. The molecular formula is C26H32NO5P. The number of amides is 1. The molecule has 0 saturated heterocycles. The van der Waals surface area contributed by atoms with Crippen LogP contribution in [0.15, 0.2) is 66.7 Å². The lowest BCUT2D eigenvalue weighted by Gasteiger charge is -2.28. The summed E-state index contributed by atoms with van der Waals surface area (Å²) in [7, 11) is -1.94. The zero-order chi connectivity index (χ0) is 23.8. The molecule has 0 aromatic heterocycles. The molecule has 0 saturated carbocycles. The van der Waals surface area contributed by atoms with Crippen molar-refractivity contribution in [2.24, 2.45) is 0 Å². The van der Waals surface area contributed by atoms with Gasteiger partial charge in [-0.3, -0.25) is 9.36 Å². The quantitative estimate of drug-likeness (QED) is 0.354. The summed E-state index contributed by atoms with van der Waals surface area (Å²) in [5.41, 5.74) is 1.81. The topological polar surface area (TPSA) is 73.9 Å². The third-order valence-electron chi connectivity index (χ3n) is 5.55. The molecule has 176 valence electrons. The second kappa shape index (κ2) is 11.5. The fourth-order valence-corrected chi connectivity index (χ4v) is 5.61. The van der Waals surface area contributed by atoms with Crippen molar-refractivity contribution in [3.63, 3.8) is 0 Å². The second-order valence-electron chi connectivity index (χ2n) is 7.78. The molecule has 2 atom stereocenters. The Bertz CT molecular complexity index is 1110. The van der Waals surface area contributed by atoms with Gasteiger partial charge in [0.25, 0.3) is 0 Å². The van der Waals surface area contributed by atoms with Gasteiger partial charge in [0.2, 0.25) is 5.91 Å². The zero-order valence-electron chi connectivity index (χ0n) is 19.6. The molecule has 0 heterocycles. The Kier molecular flexibility index (Phi) is 8.67. The van der Waals surface area contributed by atoms with Gasteiger partial charge in [-0.2, -0.15) is 0 Å². The Morgan fingerprint density at radius 1 is 0.939 bits per heavy atom. The van der Waals surface area contributed by atoms with Crippen molar-refractivity contribution < 1.29 is 23.1 Å². The van der Waals surface area contributed by atoms with E-state index in [1.165, 1.54) is 0 Å². The average Bonchev–Trinajstić information content (AvgIpc) is 2.83. The molecule has 1 N–H and O–H groups in total. The van der Waals surface area contributed by atoms with Crippen LogP contribution in [0.3, 0.4) is 0 Å². The second-order valence-corrected chi connectivity index (χ2v) is 10.0. The minimum atomic E-state index is -3.57. The van der Waals surface area contributed by atoms with E-state index in [1.54, 1.807) is 21.0 Å². The highest BCUT2D eigenvalue weighted by atomic mass is 31.2. The standard InChI is InChI=1S/C26H32NO5P/c1-5-31-33(29,32-6-2)25(16-20-10-8-7-9-11-20)27-26(28)19(3)21-12-13-23-18-24(30-4)15-14-22(23)17-21/h7-15,17-19,25H,5-6,16H2,1-4H3,(H,27,28)/t19-,25-/m0/s1.